The minimum absolute atomic E-state index is 0.0522. The maximum absolute atomic E-state index is 12.7. The van der Waals surface area contributed by atoms with Gasteiger partial charge in [-0.2, -0.15) is 0 Å². The fourth-order valence-corrected chi connectivity index (χ4v) is 4.77. The number of carbonyl (C=O) groups excluding carboxylic acids is 1. The lowest BCUT2D eigenvalue weighted by molar-refractivity contribution is 0.217. The molecule has 0 radical (unpaired) electrons. The summed E-state index contributed by atoms with van der Waals surface area (Å²) in [5.74, 6) is 0.924. The summed E-state index contributed by atoms with van der Waals surface area (Å²) < 4.78 is 7.37. The van der Waals surface area contributed by atoms with Gasteiger partial charge in [-0.1, -0.05) is 24.3 Å². The van der Waals surface area contributed by atoms with E-state index in [-0.39, 0.29) is 6.03 Å². The number of amides is 2. The fraction of sp³-hybridized carbons (Fsp3) is 0.381. The average molecular weight is 399 g/mol. The molecule has 0 atom stereocenters. The van der Waals surface area contributed by atoms with Crippen LogP contribution < -0.4 is 14.5 Å². The van der Waals surface area contributed by atoms with Crippen molar-refractivity contribution in [3.05, 3.63) is 48.5 Å². The highest BCUT2D eigenvalue weighted by Crippen LogP contribution is 2.37. The molecule has 0 aliphatic carbocycles. The Bertz CT molecular complexity index is 839. The molecule has 0 bridgehead atoms. The largest absolute Gasteiger partial charge is 0.495 e. The summed E-state index contributed by atoms with van der Waals surface area (Å²) in [5.41, 5.74) is 2.14. The number of benzene rings is 2. The molecular weight excluding hydrogens is 372 g/mol. The first kappa shape index (κ1) is 19.0. The number of hydrogen-bond donors (Lipinski definition) is 0. The van der Waals surface area contributed by atoms with Crippen LogP contribution in [0.15, 0.2) is 53.4 Å². The van der Waals surface area contributed by atoms with Gasteiger partial charge in [-0.05, 0) is 36.2 Å². The van der Waals surface area contributed by atoms with Crippen LogP contribution >= 0.6 is 11.9 Å². The average Bonchev–Trinajstić information content (AvgIpc) is 2.75. The number of hydrogen-bond acceptors (Lipinski definition) is 5. The molecule has 2 aromatic carbocycles. The molecule has 2 aromatic rings. The standard InChI is InChI=1S/C21H26N4O2S/c1-22-18-8-4-6-10-20(18)28-25(21(22)26)16-13-23-11-14-24(15-12-23)17-7-3-5-9-19(17)27-2/h3-10H,11-16H2,1-2H3. The van der Waals surface area contributed by atoms with Crippen LogP contribution in [-0.4, -0.2) is 68.7 Å². The predicted molar refractivity (Wildman–Crippen MR) is 114 cm³/mol. The van der Waals surface area contributed by atoms with Crippen LogP contribution in [0.1, 0.15) is 0 Å². The first-order valence-electron chi connectivity index (χ1n) is 9.60. The van der Waals surface area contributed by atoms with Gasteiger partial charge >= 0.3 is 6.03 Å². The van der Waals surface area contributed by atoms with Gasteiger partial charge in [-0.3, -0.25) is 14.1 Å². The Balaban J connectivity index is 1.32. The first-order valence-corrected chi connectivity index (χ1v) is 10.4. The zero-order valence-electron chi connectivity index (χ0n) is 16.4. The highest BCUT2D eigenvalue weighted by Gasteiger charge is 2.29. The third-order valence-corrected chi connectivity index (χ3v) is 6.45. The van der Waals surface area contributed by atoms with E-state index in [4.69, 9.17) is 4.74 Å². The molecule has 28 heavy (non-hydrogen) atoms. The van der Waals surface area contributed by atoms with Gasteiger partial charge in [0.1, 0.15) is 5.75 Å². The van der Waals surface area contributed by atoms with Gasteiger partial charge in [-0.15, -0.1) is 0 Å². The van der Waals surface area contributed by atoms with Gasteiger partial charge < -0.3 is 9.64 Å². The van der Waals surface area contributed by atoms with E-state index in [2.05, 4.69) is 28.0 Å². The molecule has 4 rings (SSSR count). The summed E-state index contributed by atoms with van der Waals surface area (Å²) in [6, 6.07) is 16.3. The molecule has 0 aromatic heterocycles. The Morgan fingerprint density at radius 1 is 0.929 bits per heavy atom. The van der Waals surface area contributed by atoms with E-state index < -0.39 is 0 Å². The Labute approximate surface area is 170 Å². The number of ether oxygens (including phenoxy) is 1. The maximum atomic E-state index is 12.7. The highest BCUT2D eigenvalue weighted by molar-refractivity contribution is 7.97. The van der Waals surface area contributed by atoms with Crippen molar-refractivity contribution in [3.8, 4) is 5.75 Å². The second-order valence-electron chi connectivity index (χ2n) is 7.00. The Kier molecular flexibility index (Phi) is 5.64. The summed E-state index contributed by atoms with van der Waals surface area (Å²) in [7, 11) is 3.57. The molecule has 2 heterocycles. The van der Waals surface area contributed by atoms with E-state index in [1.165, 1.54) is 0 Å². The molecule has 2 aliphatic rings. The third-order valence-electron chi connectivity index (χ3n) is 5.35. The van der Waals surface area contributed by atoms with E-state index in [0.29, 0.717) is 0 Å². The van der Waals surface area contributed by atoms with Crippen molar-refractivity contribution in [2.45, 2.75) is 4.90 Å². The number of nitrogens with zero attached hydrogens (tertiary/aromatic N) is 4. The van der Waals surface area contributed by atoms with E-state index in [1.807, 2.05) is 41.7 Å². The second-order valence-corrected chi connectivity index (χ2v) is 8.07. The molecule has 1 saturated heterocycles. The van der Waals surface area contributed by atoms with Gasteiger partial charge in [-0.25, -0.2) is 4.79 Å². The number of urea groups is 1. The van der Waals surface area contributed by atoms with Gasteiger partial charge in [0.25, 0.3) is 0 Å². The van der Waals surface area contributed by atoms with E-state index >= 15 is 0 Å². The zero-order valence-corrected chi connectivity index (χ0v) is 17.2. The summed E-state index contributed by atoms with van der Waals surface area (Å²) >= 11 is 1.55. The van der Waals surface area contributed by atoms with Crippen molar-refractivity contribution >= 4 is 29.4 Å². The minimum atomic E-state index is 0.0522. The lowest BCUT2D eigenvalue weighted by Gasteiger charge is -2.38. The summed E-state index contributed by atoms with van der Waals surface area (Å²) in [6.45, 7) is 5.49. The molecule has 6 nitrogen and oxygen atoms in total. The van der Waals surface area contributed by atoms with Gasteiger partial charge in [0.15, 0.2) is 0 Å². The summed E-state index contributed by atoms with van der Waals surface area (Å²) in [5, 5.41) is 0. The Morgan fingerprint density at radius 2 is 1.61 bits per heavy atom. The summed E-state index contributed by atoms with van der Waals surface area (Å²) in [6.07, 6.45) is 0. The minimum Gasteiger partial charge on any atom is -0.495 e. The van der Waals surface area contributed by atoms with Gasteiger partial charge in [0.2, 0.25) is 0 Å². The monoisotopic (exact) mass is 398 g/mol. The Morgan fingerprint density at radius 3 is 2.36 bits per heavy atom. The van der Waals surface area contributed by atoms with Gasteiger partial charge in [0.05, 0.1) is 23.4 Å². The maximum Gasteiger partial charge on any atom is 0.334 e. The number of para-hydroxylation sites is 3. The lowest BCUT2D eigenvalue weighted by atomic mass is 10.2. The SMILES string of the molecule is COc1ccccc1N1CCN(CCN2Sc3ccccc3N(C)C2=O)CC1. The molecule has 7 heteroatoms. The van der Waals surface area contributed by atoms with Crippen LogP contribution in [0.2, 0.25) is 0 Å². The predicted octanol–water partition coefficient (Wildman–Crippen LogP) is 3.40. The first-order chi connectivity index (χ1) is 13.7. The number of fused-ring (bicyclic) bond motifs is 1. The molecule has 148 valence electrons. The molecule has 1 fully saturated rings. The number of piperazine rings is 1. The molecule has 0 N–H and O–H groups in total. The van der Waals surface area contributed by atoms with Crippen molar-refractivity contribution in [1.29, 1.82) is 0 Å². The fourth-order valence-electron chi connectivity index (χ4n) is 3.72. The van der Waals surface area contributed by atoms with Crippen molar-refractivity contribution in [1.82, 2.24) is 9.21 Å². The van der Waals surface area contributed by atoms with E-state index in [9.17, 15) is 4.79 Å². The van der Waals surface area contributed by atoms with Crippen molar-refractivity contribution in [2.24, 2.45) is 0 Å². The van der Waals surface area contributed by atoms with Crippen molar-refractivity contribution in [3.63, 3.8) is 0 Å². The van der Waals surface area contributed by atoms with Crippen molar-refractivity contribution < 1.29 is 9.53 Å². The zero-order chi connectivity index (χ0) is 19.5. The van der Waals surface area contributed by atoms with Crippen LogP contribution in [0.4, 0.5) is 16.2 Å². The van der Waals surface area contributed by atoms with Crippen LogP contribution in [0.25, 0.3) is 0 Å². The summed E-state index contributed by atoms with van der Waals surface area (Å²) in [4.78, 5) is 20.3. The Hall–Kier alpha value is -2.38. The normalized spacial score (nSPS) is 17.6. The molecule has 0 saturated carbocycles. The van der Waals surface area contributed by atoms with Crippen LogP contribution in [0, 0.1) is 0 Å². The number of anilines is 2. The highest BCUT2D eigenvalue weighted by atomic mass is 32.2. The molecule has 0 spiro atoms. The number of carbonyl (C=O) groups is 1. The lowest BCUT2D eigenvalue weighted by Crippen LogP contribution is -2.49. The topological polar surface area (TPSA) is 39.3 Å². The molecular formula is C21H26N4O2S. The molecule has 0 unspecified atom stereocenters. The smallest absolute Gasteiger partial charge is 0.334 e. The van der Waals surface area contributed by atoms with E-state index in [1.54, 1.807) is 24.0 Å². The van der Waals surface area contributed by atoms with Gasteiger partial charge in [0, 0.05) is 46.3 Å². The quantitative estimate of drug-likeness (QED) is 0.722. The van der Waals surface area contributed by atoms with Crippen molar-refractivity contribution in [2.75, 3.05) is 63.2 Å². The number of rotatable bonds is 5. The molecule has 2 aliphatic heterocycles. The number of methoxy groups -OCH3 is 1. The molecule has 2 amide bonds. The van der Waals surface area contributed by atoms with E-state index in [0.717, 1.165) is 61.3 Å². The van der Waals surface area contributed by atoms with Crippen LogP contribution in [0.5, 0.6) is 5.75 Å². The van der Waals surface area contributed by atoms with Crippen LogP contribution in [-0.2, 0) is 0 Å². The van der Waals surface area contributed by atoms with Crippen LogP contribution in [0.3, 0.4) is 0 Å². The third kappa shape index (κ3) is 3.77. The second kappa shape index (κ2) is 8.32.